The summed E-state index contributed by atoms with van der Waals surface area (Å²) >= 11 is 0. The van der Waals surface area contributed by atoms with Crippen molar-refractivity contribution in [3.05, 3.63) is 0 Å². The standard InChI is InChI=1S/C9H7F7N2/c10-6(11)8(12,13)3-7(4-17,5-18)1-2-9(14,15)16/h6H,1-3H2. The zero-order valence-electron chi connectivity index (χ0n) is 8.74. The van der Waals surface area contributed by atoms with Crippen LogP contribution in [0.5, 0.6) is 0 Å². The van der Waals surface area contributed by atoms with E-state index in [-0.39, 0.29) is 0 Å². The van der Waals surface area contributed by atoms with Gasteiger partial charge in [-0.05, 0) is 6.42 Å². The molecule has 0 atom stereocenters. The summed E-state index contributed by atoms with van der Waals surface area (Å²) in [5.41, 5.74) is -2.78. The molecule has 0 bridgehead atoms. The monoisotopic (exact) mass is 276 g/mol. The molecule has 9 heteroatoms. The van der Waals surface area contributed by atoms with Crippen LogP contribution in [0.4, 0.5) is 30.7 Å². The van der Waals surface area contributed by atoms with Gasteiger partial charge in [-0.2, -0.15) is 23.7 Å². The quantitative estimate of drug-likeness (QED) is 0.719. The first kappa shape index (κ1) is 16.5. The third-order valence-corrected chi connectivity index (χ3v) is 2.12. The highest BCUT2D eigenvalue weighted by Gasteiger charge is 2.50. The van der Waals surface area contributed by atoms with Crippen LogP contribution in [0.3, 0.4) is 0 Å². The van der Waals surface area contributed by atoms with Crippen molar-refractivity contribution in [2.24, 2.45) is 5.41 Å². The van der Waals surface area contributed by atoms with E-state index >= 15 is 0 Å². The van der Waals surface area contributed by atoms with Crippen molar-refractivity contribution in [3.8, 4) is 12.1 Å². The predicted molar refractivity (Wildman–Crippen MR) is 44.5 cm³/mol. The minimum Gasteiger partial charge on any atom is -0.204 e. The Kier molecular flexibility index (Phi) is 4.97. The number of halogens is 7. The zero-order valence-corrected chi connectivity index (χ0v) is 8.74. The first-order valence-corrected chi connectivity index (χ1v) is 4.53. The second kappa shape index (κ2) is 5.42. The fraction of sp³-hybridized carbons (Fsp3) is 0.778. The third kappa shape index (κ3) is 4.78. The van der Waals surface area contributed by atoms with Crippen molar-refractivity contribution in [3.63, 3.8) is 0 Å². The molecule has 0 aromatic heterocycles. The van der Waals surface area contributed by atoms with E-state index in [1.165, 1.54) is 0 Å². The Labute approximate surface area is 97.6 Å². The summed E-state index contributed by atoms with van der Waals surface area (Å²) in [6.45, 7) is 0. The Hall–Kier alpha value is -1.51. The van der Waals surface area contributed by atoms with Crippen LogP contribution in [0.2, 0.25) is 0 Å². The largest absolute Gasteiger partial charge is 0.389 e. The van der Waals surface area contributed by atoms with Crippen LogP contribution >= 0.6 is 0 Å². The molecule has 2 nitrogen and oxygen atoms in total. The third-order valence-electron chi connectivity index (χ3n) is 2.12. The van der Waals surface area contributed by atoms with Gasteiger partial charge in [-0.3, -0.25) is 0 Å². The van der Waals surface area contributed by atoms with Crippen LogP contribution in [-0.4, -0.2) is 18.5 Å². The van der Waals surface area contributed by atoms with Gasteiger partial charge in [-0.25, -0.2) is 17.6 Å². The maximum atomic E-state index is 12.7. The maximum absolute atomic E-state index is 12.7. The highest BCUT2D eigenvalue weighted by Crippen LogP contribution is 2.40. The lowest BCUT2D eigenvalue weighted by atomic mass is 9.80. The van der Waals surface area contributed by atoms with Crippen molar-refractivity contribution >= 4 is 0 Å². The lowest BCUT2D eigenvalue weighted by Crippen LogP contribution is -2.35. The Morgan fingerprint density at radius 3 is 1.61 bits per heavy atom. The number of hydrogen-bond acceptors (Lipinski definition) is 2. The highest BCUT2D eigenvalue weighted by atomic mass is 19.4. The second-order valence-corrected chi connectivity index (χ2v) is 3.66. The van der Waals surface area contributed by atoms with Gasteiger partial charge in [0.05, 0.1) is 12.1 Å². The van der Waals surface area contributed by atoms with Crippen molar-refractivity contribution in [2.75, 3.05) is 0 Å². The normalized spacial score (nSPS) is 13.2. The fourth-order valence-electron chi connectivity index (χ4n) is 1.14. The summed E-state index contributed by atoms with van der Waals surface area (Å²) in [6, 6.07) is 1.95. The molecule has 0 amide bonds. The molecule has 0 aromatic rings. The molecule has 0 unspecified atom stereocenters. The summed E-state index contributed by atoms with van der Waals surface area (Å²) in [4.78, 5) is 0. The summed E-state index contributed by atoms with van der Waals surface area (Å²) in [7, 11) is 0. The minimum atomic E-state index is -4.76. The Morgan fingerprint density at radius 1 is 0.889 bits per heavy atom. The number of hydrogen-bond donors (Lipinski definition) is 0. The topological polar surface area (TPSA) is 47.6 Å². The average molecular weight is 276 g/mol. The van der Waals surface area contributed by atoms with Gasteiger partial charge >= 0.3 is 18.5 Å². The van der Waals surface area contributed by atoms with Gasteiger partial charge in [0.25, 0.3) is 0 Å². The Bertz CT molecular complexity index is 347. The van der Waals surface area contributed by atoms with Crippen molar-refractivity contribution in [2.45, 2.75) is 37.8 Å². The number of rotatable bonds is 5. The summed E-state index contributed by atoms with van der Waals surface area (Å²) in [5, 5.41) is 17.0. The highest BCUT2D eigenvalue weighted by molar-refractivity contribution is 5.15. The van der Waals surface area contributed by atoms with Gasteiger partial charge < -0.3 is 0 Å². The van der Waals surface area contributed by atoms with Gasteiger partial charge in [-0.1, -0.05) is 0 Å². The van der Waals surface area contributed by atoms with Crippen LogP contribution < -0.4 is 0 Å². The molecule has 0 saturated heterocycles. The molecule has 0 aliphatic heterocycles. The van der Waals surface area contributed by atoms with E-state index in [1.807, 2.05) is 0 Å². The SMILES string of the molecule is N#CC(C#N)(CCC(F)(F)F)CC(F)(F)C(F)F. The van der Waals surface area contributed by atoms with Gasteiger partial charge in [0.1, 0.15) is 5.41 Å². The summed E-state index contributed by atoms with van der Waals surface area (Å²) < 4.78 is 84.9. The van der Waals surface area contributed by atoms with Crippen LogP contribution in [0, 0.1) is 28.1 Å². The zero-order chi connectivity index (χ0) is 14.6. The van der Waals surface area contributed by atoms with Crippen LogP contribution in [0.1, 0.15) is 19.3 Å². The van der Waals surface area contributed by atoms with E-state index < -0.39 is 43.2 Å². The molecule has 0 heterocycles. The number of nitriles is 2. The summed E-state index contributed by atoms with van der Waals surface area (Å²) in [6.07, 6.45) is -13.8. The van der Waals surface area contributed by atoms with E-state index in [9.17, 15) is 30.7 Å². The first-order valence-electron chi connectivity index (χ1n) is 4.53. The van der Waals surface area contributed by atoms with Crippen LogP contribution in [-0.2, 0) is 0 Å². The molecule has 0 aliphatic rings. The maximum Gasteiger partial charge on any atom is 0.389 e. The van der Waals surface area contributed by atoms with Crippen molar-refractivity contribution in [1.29, 1.82) is 10.5 Å². The molecule has 0 N–H and O–H groups in total. The molecular formula is C9H7F7N2. The molecule has 0 radical (unpaired) electrons. The minimum absolute atomic E-state index is 0.974. The van der Waals surface area contributed by atoms with Crippen molar-refractivity contribution < 1.29 is 30.7 Å². The lowest BCUT2D eigenvalue weighted by molar-refractivity contribution is -0.154. The van der Waals surface area contributed by atoms with Gasteiger partial charge in [0.2, 0.25) is 0 Å². The van der Waals surface area contributed by atoms with E-state index in [0.29, 0.717) is 0 Å². The molecule has 0 fully saturated rings. The van der Waals surface area contributed by atoms with E-state index in [1.54, 1.807) is 0 Å². The molecule has 102 valence electrons. The van der Waals surface area contributed by atoms with Gasteiger partial charge in [0, 0.05) is 12.8 Å². The van der Waals surface area contributed by atoms with Gasteiger partial charge in [0.15, 0.2) is 0 Å². The first-order chi connectivity index (χ1) is 7.98. The molecule has 0 aliphatic carbocycles. The number of alkyl halides is 7. The van der Waals surface area contributed by atoms with Crippen LogP contribution in [0.15, 0.2) is 0 Å². The molecule has 0 aromatic carbocycles. The Morgan fingerprint density at radius 2 is 1.33 bits per heavy atom. The molecular weight excluding hydrogens is 269 g/mol. The second-order valence-electron chi connectivity index (χ2n) is 3.66. The molecule has 18 heavy (non-hydrogen) atoms. The van der Waals surface area contributed by atoms with E-state index in [4.69, 9.17) is 10.5 Å². The van der Waals surface area contributed by atoms with Crippen molar-refractivity contribution in [1.82, 2.24) is 0 Å². The van der Waals surface area contributed by atoms with Gasteiger partial charge in [-0.15, -0.1) is 0 Å². The lowest BCUT2D eigenvalue weighted by Gasteiger charge is -2.24. The fourth-order valence-corrected chi connectivity index (χ4v) is 1.14. The smallest absolute Gasteiger partial charge is 0.204 e. The molecule has 0 saturated carbocycles. The Balaban J connectivity index is 4.98. The average Bonchev–Trinajstić information content (AvgIpc) is 2.23. The van der Waals surface area contributed by atoms with E-state index in [0.717, 1.165) is 12.1 Å². The summed E-state index contributed by atoms with van der Waals surface area (Å²) in [5.74, 6) is -4.68. The van der Waals surface area contributed by atoms with E-state index in [2.05, 4.69) is 0 Å². The number of nitrogens with zero attached hydrogens (tertiary/aromatic N) is 2. The predicted octanol–water partition coefficient (Wildman–Crippen LogP) is 3.65. The van der Waals surface area contributed by atoms with Crippen LogP contribution in [0.25, 0.3) is 0 Å². The molecule has 0 spiro atoms. The molecule has 0 rings (SSSR count).